The van der Waals surface area contributed by atoms with Crippen LogP contribution in [0.3, 0.4) is 0 Å². The second-order valence-electron chi connectivity index (χ2n) is 8.91. The molecule has 0 amide bonds. The molecule has 0 unspecified atom stereocenters. The van der Waals surface area contributed by atoms with E-state index >= 15 is 0 Å². The fourth-order valence-electron chi connectivity index (χ4n) is 2.47. The van der Waals surface area contributed by atoms with Crippen molar-refractivity contribution >= 4 is 27.2 Å². The van der Waals surface area contributed by atoms with E-state index in [1.165, 1.54) is 0 Å². The van der Waals surface area contributed by atoms with Crippen LogP contribution in [0.25, 0.3) is 22.6 Å². The molecule has 28 heavy (non-hydrogen) atoms. The molecule has 0 saturated heterocycles. The van der Waals surface area contributed by atoms with Gasteiger partial charge < -0.3 is 9.52 Å². The first-order valence-corrected chi connectivity index (χ1v) is 16.3. The van der Waals surface area contributed by atoms with Crippen LogP contribution in [0.2, 0.25) is 39.3 Å². The van der Waals surface area contributed by atoms with Gasteiger partial charge in [-0.1, -0.05) is 63.3 Å². The molecule has 1 aromatic heterocycles. The minimum Gasteiger partial charge on any atom is -0.506 e. The number of aromatic nitrogens is 1. The number of rotatable bonds is 1. The van der Waals surface area contributed by atoms with E-state index in [0.29, 0.717) is 22.6 Å². The van der Waals surface area contributed by atoms with Crippen LogP contribution in [0.5, 0.6) is 5.75 Å². The summed E-state index contributed by atoms with van der Waals surface area (Å²) in [7, 11) is -3.13. The van der Waals surface area contributed by atoms with E-state index in [1.807, 2.05) is 36.4 Å². The van der Waals surface area contributed by atoms with Gasteiger partial charge in [0.15, 0.2) is 5.58 Å². The van der Waals surface area contributed by atoms with E-state index in [1.54, 1.807) is 0 Å². The summed E-state index contributed by atoms with van der Waals surface area (Å²) < 4.78 is 5.89. The molecule has 0 aliphatic carbocycles. The molecule has 0 fully saturated rings. The van der Waals surface area contributed by atoms with Crippen molar-refractivity contribution in [2.24, 2.45) is 0 Å². The van der Waals surface area contributed by atoms with Gasteiger partial charge in [-0.15, -0.1) is 11.1 Å². The van der Waals surface area contributed by atoms with E-state index < -0.39 is 16.1 Å². The summed E-state index contributed by atoms with van der Waals surface area (Å²) in [4.78, 5) is 4.54. The van der Waals surface area contributed by atoms with E-state index in [9.17, 15) is 5.11 Å². The molecule has 3 nitrogen and oxygen atoms in total. The zero-order valence-electron chi connectivity index (χ0n) is 17.3. The van der Waals surface area contributed by atoms with Crippen LogP contribution >= 0.6 is 0 Å². The molecule has 1 heterocycles. The predicted molar refractivity (Wildman–Crippen MR) is 122 cm³/mol. The summed E-state index contributed by atoms with van der Waals surface area (Å²) in [5.41, 5.74) is 10.1. The highest BCUT2D eigenvalue weighted by Gasteiger charge is 2.17. The summed E-state index contributed by atoms with van der Waals surface area (Å²) in [5.74, 6) is 6.91. The van der Waals surface area contributed by atoms with Crippen molar-refractivity contribution in [3.8, 4) is 40.1 Å². The number of benzene rings is 2. The first-order chi connectivity index (χ1) is 13.0. The lowest BCUT2D eigenvalue weighted by Gasteiger charge is -2.08. The molecule has 0 atom stereocenters. The Kier molecular flexibility index (Phi) is 5.25. The molecular weight excluding hydrogens is 378 g/mol. The SMILES string of the molecule is C[Si](C)(C)C#Cc1cc(C#C[Si](C)(C)C)c(O)c(-c2nc3ccccc3o2)c1. The molecule has 0 saturated carbocycles. The largest absolute Gasteiger partial charge is 0.506 e. The second kappa shape index (κ2) is 7.35. The molecule has 0 aliphatic rings. The van der Waals surface area contributed by atoms with E-state index in [-0.39, 0.29) is 5.75 Å². The molecule has 0 aliphatic heterocycles. The van der Waals surface area contributed by atoms with Gasteiger partial charge in [0.25, 0.3) is 0 Å². The van der Waals surface area contributed by atoms with Gasteiger partial charge in [0.2, 0.25) is 5.89 Å². The van der Waals surface area contributed by atoms with E-state index in [2.05, 4.69) is 67.2 Å². The summed E-state index contributed by atoms with van der Waals surface area (Å²) in [5, 5.41) is 10.9. The number of nitrogens with zero attached hydrogens (tertiary/aromatic N) is 1. The lowest BCUT2D eigenvalue weighted by molar-refractivity contribution is 0.472. The number of hydrogen-bond acceptors (Lipinski definition) is 3. The molecule has 0 bridgehead atoms. The normalized spacial score (nSPS) is 11.5. The van der Waals surface area contributed by atoms with Crippen LogP contribution in [0.15, 0.2) is 40.8 Å². The third-order valence-corrected chi connectivity index (χ3v) is 5.54. The van der Waals surface area contributed by atoms with Crippen LogP contribution in [0, 0.1) is 22.9 Å². The fourth-order valence-corrected chi connectivity index (χ4v) is 3.50. The molecule has 1 N–H and O–H groups in total. The Balaban J connectivity index is 2.21. The van der Waals surface area contributed by atoms with Crippen LogP contribution in [-0.4, -0.2) is 26.2 Å². The van der Waals surface area contributed by atoms with Crippen LogP contribution < -0.4 is 0 Å². The molecular formula is C23H25NO2Si2. The second-order valence-corrected chi connectivity index (χ2v) is 18.4. The van der Waals surface area contributed by atoms with Crippen molar-refractivity contribution in [1.82, 2.24) is 4.98 Å². The Morgan fingerprint density at radius 1 is 0.893 bits per heavy atom. The Labute approximate surface area is 168 Å². The van der Waals surface area contributed by atoms with Gasteiger partial charge in [0, 0.05) is 5.56 Å². The summed E-state index contributed by atoms with van der Waals surface area (Å²) in [6.07, 6.45) is 0. The first kappa shape index (κ1) is 20.0. The molecule has 0 radical (unpaired) electrons. The highest BCUT2D eigenvalue weighted by Crippen LogP contribution is 2.34. The zero-order chi connectivity index (χ0) is 20.5. The standard InChI is InChI=1S/C23H25NO2Si2/c1-27(2,3)13-11-17-15-18(12-14-28(4,5)6)22(25)19(16-17)23-24-20-9-7-8-10-21(20)26-23/h7-10,15-16,25H,1-6H3. The predicted octanol–water partition coefficient (Wildman–Crippen LogP) is 5.66. The highest BCUT2D eigenvalue weighted by atomic mass is 28.3. The first-order valence-electron chi connectivity index (χ1n) is 9.31. The number of fused-ring (bicyclic) bond motifs is 1. The quantitative estimate of drug-likeness (QED) is 0.421. The smallest absolute Gasteiger partial charge is 0.231 e. The van der Waals surface area contributed by atoms with Gasteiger partial charge >= 0.3 is 0 Å². The van der Waals surface area contributed by atoms with Crippen LogP contribution in [-0.2, 0) is 0 Å². The molecule has 2 aromatic carbocycles. The van der Waals surface area contributed by atoms with Gasteiger partial charge in [-0.3, -0.25) is 0 Å². The van der Waals surface area contributed by atoms with Gasteiger partial charge in [0.05, 0.1) is 11.1 Å². The summed E-state index contributed by atoms with van der Waals surface area (Å²) >= 11 is 0. The molecule has 3 aromatic rings. The number of phenols is 1. The van der Waals surface area contributed by atoms with Gasteiger partial charge in [-0.2, -0.15) is 0 Å². The van der Waals surface area contributed by atoms with Crippen molar-refractivity contribution < 1.29 is 9.52 Å². The number of hydrogen-bond donors (Lipinski definition) is 1. The third-order valence-electron chi connectivity index (χ3n) is 3.79. The van der Waals surface area contributed by atoms with Crippen molar-refractivity contribution in [3.05, 3.63) is 47.5 Å². The Morgan fingerprint density at radius 3 is 2.18 bits per heavy atom. The summed E-state index contributed by atoms with van der Waals surface area (Å²) in [6.45, 7) is 13.1. The molecule has 3 rings (SSSR count). The van der Waals surface area contributed by atoms with Crippen molar-refractivity contribution in [2.75, 3.05) is 0 Å². The average molecular weight is 404 g/mol. The van der Waals surface area contributed by atoms with Gasteiger partial charge in [0.1, 0.15) is 27.4 Å². The number of oxazole rings is 1. The minimum atomic E-state index is -1.59. The van der Waals surface area contributed by atoms with E-state index in [0.717, 1.165) is 11.1 Å². The lowest BCUT2D eigenvalue weighted by atomic mass is 10.0. The minimum absolute atomic E-state index is 0.0934. The van der Waals surface area contributed by atoms with Crippen LogP contribution in [0.4, 0.5) is 0 Å². The topological polar surface area (TPSA) is 46.3 Å². The Bertz CT molecular complexity index is 1120. The zero-order valence-corrected chi connectivity index (χ0v) is 19.3. The van der Waals surface area contributed by atoms with Gasteiger partial charge in [-0.25, -0.2) is 4.98 Å². The van der Waals surface area contributed by atoms with E-state index in [4.69, 9.17) is 4.42 Å². The number of para-hydroxylation sites is 2. The fraction of sp³-hybridized carbons (Fsp3) is 0.261. The van der Waals surface area contributed by atoms with Crippen molar-refractivity contribution in [3.63, 3.8) is 0 Å². The number of aromatic hydroxyl groups is 1. The Hall–Kier alpha value is -2.74. The maximum atomic E-state index is 10.9. The lowest BCUT2D eigenvalue weighted by Crippen LogP contribution is -2.16. The average Bonchev–Trinajstić information content (AvgIpc) is 3.02. The van der Waals surface area contributed by atoms with Crippen LogP contribution in [0.1, 0.15) is 11.1 Å². The highest BCUT2D eigenvalue weighted by molar-refractivity contribution is 6.84. The maximum absolute atomic E-state index is 10.9. The molecule has 5 heteroatoms. The molecule has 0 spiro atoms. The maximum Gasteiger partial charge on any atom is 0.231 e. The van der Waals surface area contributed by atoms with Crippen molar-refractivity contribution in [1.29, 1.82) is 0 Å². The monoisotopic (exact) mass is 403 g/mol. The molecule has 142 valence electrons. The third kappa shape index (κ3) is 4.95. The number of phenolic OH excluding ortho intramolecular Hbond substituents is 1. The Morgan fingerprint density at radius 2 is 1.54 bits per heavy atom. The van der Waals surface area contributed by atoms with Gasteiger partial charge in [-0.05, 0) is 24.3 Å². The summed E-state index contributed by atoms with van der Waals surface area (Å²) in [6, 6.07) is 11.3. The van der Waals surface area contributed by atoms with Crippen molar-refractivity contribution in [2.45, 2.75) is 39.3 Å².